The summed E-state index contributed by atoms with van der Waals surface area (Å²) in [4.78, 5) is 5.15. The van der Waals surface area contributed by atoms with Gasteiger partial charge in [0.2, 0.25) is 0 Å². The smallest absolute Gasteiger partial charge is 0.126 e. The highest BCUT2D eigenvalue weighted by Gasteiger charge is 2.51. The Morgan fingerprint density at radius 3 is 2.33 bits per heavy atom. The van der Waals surface area contributed by atoms with E-state index in [-0.39, 0.29) is 5.54 Å². The molecule has 3 fully saturated rings. The third-order valence-corrected chi connectivity index (χ3v) is 5.31. The number of hydrogen-bond acceptors (Lipinski definition) is 3. The van der Waals surface area contributed by atoms with Crippen LogP contribution in [0.25, 0.3) is 0 Å². The fourth-order valence-corrected chi connectivity index (χ4v) is 4.32. The molecule has 0 saturated carbocycles. The summed E-state index contributed by atoms with van der Waals surface area (Å²) < 4.78 is 0. The van der Waals surface area contributed by atoms with Crippen molar-refractivity contribution in [2.24, 2.45) is 0 Å². The van der Waals surface area contributed by atoms with Gasteiger partial charge in [-0.25, -0.2) is 0 Å². The summed E-state index contributed by atoms with van der Waals surface area (Å²) in [6, 6.07) is 3.28. The van der Waals surface area contributed by atoms with Gasteiger partial charge in [-0.3, -0.25) is 9.80 Å². The molecule has 100 valence electrons. The molecule has 3 heterocycles. The van der Waals surface area contributed by atoms with Crippen molar-refractivity contribution in [1.82, 2.24) is 9.80 Å². The maximum absolute atomic E-state index is 9.88. The molecule has 3 saturated heterocycles. The molecule has 0 spiro atoms. The van der Waals surface area contributed by atoms with Crippen LogP contribution in [0.2, 0.25) is 0 Å². The van der Waals surface area contributed by atoms with Crippen LogP contribution in [-0.2, 0) is 0 Å². The highest BCUT2D eigenvalue weighted by Crippen LogP contribution is 2.39. The lowest BCUT2D eigenvalue weighted by molar-refractivity contribution is 0.0728. The molecule has 2 atom stereocenters. The van der Waals surface area contributed by atoms with E-state index in [2.05, 4.69) is 15.9 Å². The molecule has 0 amide bonds. The minimum absolute atomic E-state index is 0.148. The quantitative estimate of drug-likeness (QED) is 0.712. The molecule has 0 aromatic rings. The SMILES string of the molecule is N#CC1(N2CCCCCC2)CCN2CCCCC21. The Balaban J connectivity index is 1.82. The Kier molecular flexibility index (Phi) is 3.59. The first kappa shape index (κ1) is 12.4. The second kappa shape index (κ2) is 5.19. The molecule has 0 bridgehead atoms. The molecule has 0 aliphatic carbocycles. The van der Waals surface area contributed by atoms with E-state index < -0.39 is 0 Å². The van der Waals surface area contributed by atoms with E-state index in [9.17, 15) is 5.26 Å². The number of rotatable bonds is 1. The molecule has 3 nitrogen and oxygen atoms in total. The summed E-state index contributed by atoms with van der Waals surface area (Å²) in [6.07, 6.45) is 10.2. The van der Waals surface area contributed by atoms with Crippen LogP contribution in [0.1, 0.15) is 51.4 Å². The van der Waals surface area contributed by atoms with Gasteiger partial charge in [0, 0.05) is 12.6 Å². The van der Waals surface area contributed by atoms with Crippen molar-refractivity contribution < 1.29 is 0 Å². The van der Waals surface area contributed by atoms with Gasteiger partial charge in [0.15, 0.2) is 0 Å². The lowest BCUT2D eigenvalue weighted by Gasteiger charge is -2.43. The molecule has 3 aliphatic rings. The molecular formula is C15H25N3. The van der Waals surface area contributed by atoms with Crippen molar-refractivity contribution in [3.05, 3.63) is 0 Å². The molecule has 0 aromatic heterocycles. The van der Waals surface area contributed by atoms with Gasteiger partial charge in [-0.2, -0.15) is 5.26 Å². The van der Waals surface area contributed by atoms with E-state index in [1.165, 1.54) is 51.5 Å². The summed E-state index contributed by atoms with van der Waals surface area (Å²) in [5.41, 5.74) is -0.148. The van der Waals surface area contributed by atoms with Gasteiger partial charge in [0.05, 0.1) is 6.07 Å². The van der Waals surface area contributed by atoms with Gasteiger partial charge in [-0.15, -0.1) is 0 Å². The van der Waals surface area contributed by atoms with Gasteiger partial charge in [-0.1, -0.05) is 19.3 Å². The fraction of sp³-hybridized carbons (Fsp3) is 0.933. The largest absolute Gasteiger partial charge is 0.297 e. The predicted octanol–water partition coefficient (Wildman–Crippen LogP) is 2.38. The second-order valence-corrected chi connectivity index (χ2v) is 6.23. The molecule has 3 aliphatic heterocycles. The van der Waals surface area contributed by atoms with Gasteiger partial charge >= 0.3 is 0 Å². The third kappa shape index (κ3) is 1.96. The summed E-state index contributed by atoms with van der Waals surface area (Å²) in [7, 11) is 0. The molecule has 0 radical (unpaired) electrons. The van der Waals surface area contributed by atoms with E-state index in [0.29, 0.717) is 6.04 Å². The molecule has 0 aromatic carbocycles. The average molecular weight is 247 g/mol. The van der Waals surface area contributed by atoms with Crippen LogP contribution >= 0.6 is 0 Å². The highest BCUT2D eigenvalue weighted by atomic mass is 15.3. The van der Waals surface area contributed by atoms with Crippen LogP contribution in [0.15, 0.2) is 0 Å². The van der Waals surface area contributed by atoms with Crippen LogP contribution < -0.4 is 0 Å². The monoisotopic (exact) mass is 247 g/mol. The summed E-state index contributed by atoms with van der Waals surface area (Å²) in [5.74, 6) is 0. The van der Waals surface area contributed by atoms with Crippen LogP contribution in [0.5, 0.6) is 0 Å². The van der Waals surface area contributed by atoms with Crippen LogP contribution in [0, 0.1) is 11.3 Å². The van der Waals surface area contributed by atoms with Gasteiger partial charge < -0.3 is 0 Å². The van der Waals surface area contributed by atoms with Gasteiger partial charge in [-0.05, 0) is 51.7 Å². The number of hydrogen-bond donors (Lipinski definition) is 0. The fourth-order valence-electron chi connectivity index (χ4n) is 4.32. The molecule has 3 heteroatoms. The van der Waals surface area contributed by atoms with Crippen molar-refractivity contribution in [2.75, 3.05) is 26.2 Å². The third-order valence-electron chi connectivity index (χ3n) is 5.31. The summed E-state index contributed by atoms with van der Waals surface area (Å²) >= 11 is 0. The number of nitrogens with zero attached hydrogens (tertiary/aromatic N) is 3. The number of likely N-dealkylation sites (tertiary alicyclic amines) is 1. The van der Waals surface area contributed by atoms with E-state index in [0.717, 1.165) is 26.1 Å². The lowest BCUT2D eigenvalue weighted by atomic mass is 9.84. The molecule has 18 heavy (non-hydrogen) atoms. The van der Waals surface area contributed by atoms with Gasteiger partial charge in [0.25, 0.3) is 0 Å². The molecule has 0 N–H and O–H groups in total. The normalized spacial score (nSPS) is 38.9. The van der Waals surface area contributed by atoms with Crippen LogP contribution in [0.4, 0.5) is 0 Å². The molecular weight excluding hydrogens is 222 g/mol. The predicted molar refractivity (Wildman–Crippen MR) is 72.2 cm³/mol. The van der Waals surface area contributed by atoms with Crippen molar-refractivity contribution in [2.45, 2.75) is 62.9 Å². The summed E-state index contributed by atoms with van der Waals surface area (Å²) in [5, 5.41) is 9.88. The molecule has 2 unspecified atom stereocenters. The standard InChI is InChI=1S/C15H25N3/c16-13-15(18-10-4-1-2-5-11-18)8-12-17-9-6-3-7-14(15)17/h14H,1-12H2. The van der Waals surface area contributed by atoms with E-state index >= 15 is 0 Å². The van der Waals surface area contributed by atoms with Crippen molar-refractivity contribution in [3.63, 3.8) is 0 Å². The Labute approximate surface area is 111 Å². The van der Waals surface area contributed by atoms with Crippen LogP contribution in [0.3, 0.4) is 0 Å². The number of piperidine rings is 1. The first-order chi connectivity index (χ1) is 8.87. The van der Waals surface area contributed by atoms with Crippen molar-refractivity contribution in [3.8, 4) is 6.07 Å². The number of nitriles is 1. The number of fused-ring (bicyclic) bond motifs is 1. The topological polar surface area (TPSA) is 30.3 Å². The Bertz CT molecular complexity index is 327. The zero-order valence-corrected chi connectivity index (χ0v) is 11.4. The zero-order valence-electron chi connectivity index (χ0n) is 11.4. The lowest BCUT2D eigenvalue weighted by Crippen LogP contribution is -2.57. The van der Waals surface area contributed by atoms with Crippen molar-refractivity contribution >= 4 is 0 Å². The Morgan fingerprint density at radius 2 is 1.61 bits per heavy atom. The maximum atomic E-state index is 9.88. The first-order valence-corrected chi connectivity index (χ1v) is 7.77. The second-order valence-electron chi connectivity index (χ2n) is 6.23. The van der Waals surface area contributed by atoms with E-state index in [1.54, 1.807) is 0 Å². The van der Waals surface area contributed by atoms with E-state index in [1.807, 2.05) is 0 Å². The minimum Gasteiger partial charge on any atom is -0.297 e. The zero-order chi connectivity index (χ0) is 12.4. The summed E-state index contributed by atoms with van der Waals surface area (Å²) in [6.45, 7) is 4.67. The van der Waals surface area contributed by atoms with Gasteiger partial charge in [0.1, 0.15) is 5.54 Å². The minimum atomic E-state index is -0.148. The van der Waals surface area contributed by atoms with Crippen LogP contribution in [-0.4, -0.2) is 47.6 Å². The Hall–Kier alpha value is -0.590. The first-order valence-electron chi connectivity index (χ1n) is 7.77. The highest BCUT2D eigenvalue weighted by molar-refractivity contribution is 5.20. The Morgan fingerprint density at radius 1 is 0.889 bits per heavy atom. The molecule has 3 rings (SSSR count). The van der Waals surface area contributed by atoms with Crippen molar-refractivity contribution in [1.29, 1.82) is 5.26 Å². The van der Waals surface area contributed by atoms with E-state index in [4.69, 9.17) is 0 Å². The average Bonchev–Trinajstić information content (AvgIpc) is 2.61. The maximum Gasteiger partial charge on any atom is 0.126 e.